The molecule has 1 fully saturated rings. The van der Waals surface area contributed by atoms with Gasteiger partial charge in [-0.25, -0.2) is 14.5 Å². The lowest BCUT2D eigenvalue weighted by Crippen LogP contribution is -2.54. The van der Waals surface area contributed by atoms with Gasteiger partial charge in [-0.1, -0.05) is 24.3 Å². The molecule has 1 aliphatic heterocycles. The summed E-state index contributed by atoms with van der Waals surface area (Å²) in [5.74, 6) is -1.53. The lowest BCUT2D eigenvalue weighted by molar-refractivity contribution is -0.143. The van der Waals surface area contributed by atoms with Crippen LogP contribution in [0.15, 0.2) is 48.0 Å². The van der Waals surface area contributed by atoms with Crippen molar-refractivity contribution in [2.75, 3.05) is 18.6 Å². The summed E-state index contributed by atoms with van der Waals surface area (Å²) >= 11 is 2.01. The van der Waals surface area contributed by atoms with Gasteiger partial charge in [0, 0.05) is 0 Å². The van der Waals surface area contributed by atoms with Gasteiger partial charge in [-0.3, -0.25) is 14.9 Å². The van der Waals surface area contributed by atoms with Crippen LogP contribution in [0.3, 0.4) is 0 Å². The topological polar surface area (TPSA) is 102 Å². The molecule has 3 rings (SSSR count). The smallest absolute Gasteiger partial charge is 0.343 e. The molecule has 0 aliphatic carbocycles. The average Bonchev–Trinajstić information content (AvgIpc) is 2.71. The van der Waals surface area contributed by atoms with Crippen molar-refractivity contribution >= 4 is 58.2 Å². The van der Waals surface area contributed by atoms with Crippen molar-refractivity contribution in [2.24, 2.45) is 0 Å². The standard InChI is InChI=1S/C21H17IN2O6/c1-12-5-3-4-6-16(12)24-20(27)14(19(26)23-21(24)28)9-13-7-8-17(15(22)10-13)30-11-18(25)29-2/h3-10H,11H2,1-2H3,(H,23,26,28)/b14-9+. The number of urea groups is 1. The van der Waals surface area contributed by atoms with Crippen LogP contribution in [-0.2, 0) is 19.1 Å². The first kappa shape index (κ1) is 21.5. The van der Waals surface area contributed by atoms with Gasteiger partial charge < -0.3 is 9.47 Å². The summed E-state index contributed by atoms with van der Waals surface area (Å²) in [5.41, 5.74) is 1.51. The largest absolute Gasteiger partial charge is 0.481 e. The van der Waals surface area contributed by atoms with Gasteiger partial charge in [0.1, 0.15) is 11.3 Å². The fraction of sp³-hybridized carbons (Fsp3) is 0.143. The lowest BCUT2D eigenvalue weighted by Gasteiger charge is -2.27. The van der Waals surface area contributed by atoms with E-state index in [-0.39, 0.29) is 12.2 Å². The second kappa shape index (κ2) is 9.08. The Bertz CT molecular complexity index is 1080. The third-order valence-electron chi connectivity index (χ3n) is 4.30. The third-order valence-corrected chi connectivity index (χ3v) is 5.14. The van der Waals surface area contributed by atoms with Crippen LogP contribution in [0.25, 0.3) is 6.08 Å². The lowest BCUT2D eigenvalue weighted by atomic mass is 10.1. The number of nitrogens with one attached hydrogen (secondary N) is 1. The average molecular weight is 520 g/mol. The first-order valence-electron chi connectivity index (χ1n) is 8.78. The van der Waals surface area contributed by atoms with E-state index in [0.29, 0.717) is 20.6 Å². The number of hydrogen-bond acceptors (Lipinski definition) is 6. The molecule has 1 aliphatic rings. The molecule has 0 unspecified atom stereocenters. The summed E-state index contributed by atoms with van der Waals surface area (Å²) in [4.78, 5) is 49.8. The number of amides is 4. The zero-order valence-corrected chi connectivity index (χ0v) is 18.3. The molecule has 0 spiro atoms. The van der Waals surface area contributed by atoms with Crippen LogP contribution < -0.4 is 15.0 Å². The minimum Gasteiger partial charge on any atom is -0.481 e. The maximum absolute atomic E-state index is 13.0. The van der Waals surface area contributed by atoms with Crippen LogP contribution in [0.1, 0.15) is 11.1 Å². The summed E-state index contributed by atoms with van der Waals surface area (Å²) in [6, 6.07) is 11.1. The molecule has 2 aromatic rings. The molecule has 0 radical (unpaired) electrons. The fourth-order valence-electron chi connectivity index (χ4n) is 2.78. The Morgan fingerprint density at radius 2 is 1.90 bits per heavy atom. The highest BCUT2D eigenvalue weighted by atomic mass is 127. The Hall–Kier alpha value is -3.21. The van der Waals surface area contributed by atoms with E-state index < -0.39 is 23.8 Å². The molecule has 8 nitrogen and oxygen atoms in total. The summed E-state index contributed by atoms with van der Waals surface area (Å²) in [5, 5.41) is 2.20. The van der Waals surface area contributed by atoms with Crippen molar-refractivity contribution in [3.05, 3.63) is 62.7 Å². The van der Waals surface area contributed by atoms with Gasteiger partial charge in [0.05, 0.1) is 16.4 Å². The number of rotatable bonds is 5. The maximum Gasteiger partial charge on any atom is 0.343 e. The summed E-state index contributed by atoms with van der Waals surface area (Å²) < 4.78 is 10.6. The van der Waals surface area contributed by atoms with Crippen LogP contribution in [0.4, 0.5) is 10.5 Å². The number of carbonyl (C=O) groups is 4. The Labute approximate surface area is 186 Å². The Balaban J connectivity index is 1.90. The van der Waals surface area contributed by atoms with Crippen LogP contribution in [0.5, 0.6) is 5.75 Å². The van der Waals surface area contributed by atoms with E-state index in [4.69, 9.17) is 4.74 Å². The van der Waals surface area contributed by atoms with Gasteiger partial charge in [-0.15, -0.1) is 0 Å². The van der Waals surface area contributed by atoms with Crippen LogP contribution in [-0.4, -0.2) is 37.5 Å². The number of esters is 1. The zero-order chi connectivity index (χ0) is 21.8. The highest BCUT2D eigenvalue weighted by molar-refractivity contribution is 14.1. The highest BCUT2D eigenvalue weighted by Crippen LogP contribution is 2.27. The summed E-state index contributed by atoms with van der Waals surface area (Å²) in [7, 11) is 1.27. The van der Waals surface area contributed by atoms with Crippen molar-refractivity contribution in [1.82, 2.24) is 5.32 Å². The molecule has 0 atom stereocenters. The summed E-state index contributed by atoms with van der Waals surface area (Å²) in [6.07, 6.45) is 1.40. The number of para-hydroxylation sites is 1. The zero-order valence-electron chi connectivity index (χ0n) is 16.1. The van der Waals surface area contributed by atoms with Gasteiger partial charge in [0.2, 0.25) is 0 Å². The molecule has 30 heavy (non-hydrogen) atoms. The van der Waals surface area contributed by atoms with Gasteiger partial charge in [0.25, 0.3) is 11.8 Å². The van der Waals surface area contributed by atoms with Crippen molar-refractivity contribution in [3.63, 3.8) is 0 Å². The van der Waals surface area contributed by atoms with Crippen LogP contribution in [0, 0.1) is 10.5 Å². The number of halogens is 1. The van der Waals surface area contributed by atoms with Crippen molar-refractivity contribution in [1.29, 1.82) is 0 Å². The Kier molecular flexibility index (Phi) is 6.50. The fourth-order valence-corrected chi connectivity index (χ4v) is 3.47. The maximum atomic E-state index is 13.0. The molecule has 0 bridgehead atoms. The molecule has 1 N–H and O–H groups in total. The third kappa shape index (κ3) is 4.51. The molecule has 154 valence electrons. The number of barbiturate groups is 1. The van der Waals surface area contributed by atoms with Crippen molar-refractivity contribution in [2.45, 2.75) is 6.92 Å². The SMILES string of the molecule is COC(=O)COc1ccc(/C=C2\C(=O)NC(=O)N(c3ccccc3C)C2=O)cc1I. The second-order valence-electron chi connectivity index (χ2n) is 6.30. The first-order valence-corrected chi connectivity index (χ1v) is 9.86. The van der Waals surface area contributed by atoms with Gasteiger partial charge in [-0.05, 0) is 64.9 Å². The van der Waals surface area contributed by atoms with Gasteiger partial charge in [-0.2, -0.15) is 0 Å². The number of aryl methyl sites for hydroxylation is 1. The van der Waals surface area contributed by atoms with E-state index in [1.54, 1.807) is 49.4 Å². The predicted molar refractivity (Wildman–Crippen MR) is 117 cm³/mol. The molecular formula is C21H17IN2O6. The Morgan fingerprint density at radius 3 is 2.57 bits per heavy atom. The molecular weight excluding hydrogens is 503 g/mol. The Morgan fingerprint density at radius 1 is 1.17 bits per heavy atom. The van der Waals surface area contributed by atoms with E-state index >= 15 is 0 Å². The number of methoxy groups -OCH3 is 1. The summed E-state index contributed by atoms with van der Waals surface area (Å²) in [6.45, 7) is 1.53. The van der Waals surface area contributed by atoms with Crippen LogP contribution >= 0.6 is 22.6 Å². The van der Waals surface area contributed by atoms with E-state index in [1.807, 2.05) is 22.6 Å². The molecule has 1 heterocycles. The number of anilines is 1. The molecule has 0 aromatic heterocycles. The van der Waals surface area contributed by atoms with E-state index in [9.17, 15) is 19.2 Å². The van der Waals surface area contributed by atoms with E-state index in [2.05, 4.69) is 10.1 Å². The first-order chi connectivity index (χ1) is 14.3. The molecule has 9 heteroatoms. The molecule has 4 amide bonds. The minimum atomic E-state index is -0.794. The molecule has 0 saturated carbocycles. The minimum absolute atomic E-state index is 0.170. The number of hydrogen-bond donors (Lipinski definition) is 1. The van der Waals surface area contributed by atoms with Gasteiger partial charge >= 0.3 is 12.0 Å². The quantitative estimate of drug-likeness (QED) is 0.282. The number of nitrogens with zero attached hydrogens (tertiary/aromatic N) is 1. The van der Waals surface area contributed by atoms with Gasteiger partial charge in [0.15, 0.2) is 6.61 Å². The van der Waals surface area contributed by atoms with E-state index in [1.165, 1.54) is 13.2 Å². The number of carbonyl (C=O) groups excluding carboxylic acids is 4. The molecule has 1 saturated heterocycles. The van der Waals surface area contributed by atoms with Crippen molar-refractivity contribution in [3.8, 4) is 5.75 Å². The van der Waals surface area contributed by atoms with E-state index in [0.717, 1.165) is 10.5 Å². The normalized spacial score (nSPS) is 15.2. The second-order valence-corrected chi connectivity index (χ2v) is 7.46. The predicted octanol–water partition coefficient (Wildman–Crippen LogP) is 2.82. The molecule has 2 aromatic carbocycles. The number of ether oxygens (including phenoxy) is 2. The van der Waals surface area contributed by atoms with Crippen LogP contribution in [0.2, 0.25) is 0 Å². The number of imide groups is 2. The number of benzene rings is 2. The monoisotopic (exact) mass is 520 g/mol. The van der Waals surface area contributed by atoms with Crippen molar-refractivity contribution < 1.29 is 28.7 Å². The highest BCUT2D eigenvalue weighted by Gasteiger charge is 2.37.